The van der Waals surface area contributed by atoms with Crippen LogP contribution in [0.4, 0.5) is 5.69 Å². The fourth-order valence-corrected chi connectivity index (χ4v) is 1.95. The lowest BCUT2D eigenvalue weighted by atomic mass is 10.2. The van der Waals surface area contributed by atoms with Crippen LogP contribution in [0, 0.1) is 0 Å². The molecule has 0 atom stereocenters. The van der Waals surface area contributed by atoms with Crippen molar-refractivity contribution in [3.63, 3.8) is 0 Å². The van der Waals surface area contributed by atoms with Gasteiger partial charge in [-0.05, 0) is 37.1 Å². The van der Waals surface area contributed by atoms with E-state index in [2.05, 4.69) is 9.97 Å². The Morgan fingerprint density at radius 1 is 1.18 bits per heavy atom. The van der Waals surface area contributed by atoms with Crippen molar-refractivity contribution in [3.05, 3.63) is 41.2 Å². The summed E-state index contributed by atoms with van der Waals surface area (Å²) in [5.41, 5.74) is 8.55. The standard InChI is InChI=1S/C13H12ClN3/c14-10-5-3-9(4-6-10)13-16-7-11(15)12(17-13)8-1-2-8/h3-8H,1-2,15H2. The summed E-state index contributed by atoms with van der Waals surface area (Å²) in [5.74, 6) is 1.25. The lowest BCUT2D eigenvalue weighted by Crippen LogP contribution is -2.00. The van der Waals surface area contributed by atoms with E-state index < -0.39 is 0 Å². The molecule has 3 rings (SSSR count). The Hall–Kier alpha value is -1.61. The lowest BCUT2D eigenvalue weighted by molar-refractivity contribution is 1.00. The molecule has 0 radical (unpaired) electrons. The van der Waals surface area contributed by atoms with Crippen molar-refractivity contribution < 1.29 is 0 Å². The minimum Gasteiger partial charge on any atom is -0.396 e. The monoisotopic (exact) mass is 245 g/mol. The topological polar surface area (TPSA) is 51.8 Å². The highest BCUT2D eigenvalue weighted by atomic mass is 35.5. The molecule has 17 heavy (non-hydrogen) atoms. The molecule has 1 aliphatic rings. The maximum atomic E-state index is 5.89. The van der Waals surface area contributed by atoms with E-state index in [0.29, 0.717) is 16.6 Å². The minimum absolute atomic E-state index is 0.532. The third-order valence-corrected chi connectivity index (χ3v) is 3.17. The van der Waals surface area contributed by atoms with Gasteiger partial charge < -0.3 is 5.73 Å². The van der Waals surface area contributed by atoms with Gasteiger partial charge in [-0.1, -0.05) is 11.6 Å². The van der Waals surface area contributed by atoms with Gasteiger partial charge >= 0.3 is 0 Å². The van der Waals surface area contributed by atoms with Crippen LogP contribution >= 0.6 is 11.6 Å². The van der Waals surface area contributed by atoms with Crippen molar-refractivity contribution in [3.8, 4) is 11.4 Å². The number of nitrogens with two attached hydrogens (primary N) is 1. The molecular weight excluding hydrogens is 234 g/mol. The van der Waals surface area contributed by atoms with Gasteiger partial charge in [0.1, 0.15) is 0 Å². The predicted octanol–water partition coefficient (Wildman–Crippen LogP) is 3.26. The van der Waals surface area contributed by atoms with Crippen molar-refractivity contribution in [1.82, 2.24) is 9.97 Å². The molecule has 0 amide bonds. The molecule has 3 nitrogen and oxygen atoms in total. The van der Waals surface area contributed by atoms with E-state index in [9.17, 15) is 0 Å². The molecule has 1 fully saturated rings. The highest BCUT2D eigenvalue weighted by Crippen LogP contribution is 2.41. The summed E-state index contributed by atoms with van der Waals surface area (Å²) in [4.78, 5) is 8.82. The molecule has 1 heterocycles. The molecule has 0 bridgehead atoms. The van der Waals surface area contributed by atoms with Gasteiger partial charge in [0.25, 0.3) is 0 Å². The number of rotatable bonds is 2. The van der Waals surface area contributed by atoms with Crippen LogP contribution in [-0.2, 0) is 0 Å². The molecule has 0 spiro atoms. The van der Waals surface area contributed by atoms with Gasteiger partial charge in [-0.25, -0.2) is 9.97 Å². The zero-order chi connectivity index (χ0) is 11.8. The van der Waals surface area contributed by atoms with Crippen molar-refractivity contribution in [2.45, 2.75) is 18.8 Å². The van der Waals surface area contributed by atoms with E-state index in [1.807, 2.05) is 24.3 Å². The molecule has 86 valence electrons. The molecular formula is C13H12ClN3. The highest BCUT2D eigenvalue weighted by Gasteiger charge is 2.27. The van der Waals surface area contributed by atoms with Gasteiger partial charge in [-0.15, -0.1) is 0 Å². The second-order valence-corrected chi connectivity index (χ2v) is 4.75. The number of nitrogens with zero attached hydrogens (tertiary/aromatic N) is 2. The van der Waals surface area contributed by atoms with Crippen molar-refractivity contribution in [2.75, 3.05) is 5.73 Å². The normalized spacial score (nSPS) is 14.9. The van der Waals surface area contributed by atoms with Gasteiger partial charge in [-0.2, -0.15) is 0 Å². The Morgan fingerprint density at radius 2 is 1.88 bits per heavy atom. The first-order chi connectivity index (χ1) is 8.24. The average molecular weight is 246 g/mol. The Morgan fingerprint density at radius 3 is 2.53 bits per heavy atom. The smallest absolute Gasteiger partial charge is 0.159 e. The summed E-state index contributed by atoms with van der Waals surface area (Å²) in [6, 6.07) is 7.52. The Kier molecular flexibility index (Phi) is 2.48. The van der Waals surface area contributed by atoms with E-state index in [4.69, 9.17) is 17.3 Å². The summed E-state index contributed by atoms with van der Waals surface area (Å²) in [5, 5.41) is 0.714. The van der Waals surface area contributed by atoms with E-state index in [-0.39, 0.29) is 0 Å². The summed E-state index contributed by atoms with van der Waals surface area (Å²) >= 11 is 5.86. The number of anilines is 1. The molecule has 2 aromatic rings. The molecule has 2 N–H and O–H groups in total. The number of halogens is 1. The Labute approximate surface area is 105 Å². The van der Waals surface area contributed by atoms with Gasteiger partial charge in [0.05, 0.1) is 17.6 Å². The first kappa shape index (κ1) is 10.5. The van der Waals surface area contributed by atoms with E-state index in [1.54, 1.807) is 6.20 Å². The van der Waals surface area contributed by atoms with E-state index in [1.165, 1.54) is 12.8 Å². The van der Waals surface area contributed by atoms with Crippen molar-refractivity contribution in [1.29, 1.82) is 0 Å². The van der Waals surface area contributed by atoms with E-state index >= 15 is 0 Å². The maximum absolute atomic E-state index is 5.89. The first-order valence-electron chi connectivity index (χ1n) is 5.62. The zero-order valence-corrected chi connectivity index (χ0v) is 9.98. The molecule has 0 aliphatic heterocycles. The van der Waals surface area contributed by atoms with Crippen LogP contribution in [-0.4, -0.2) is 9.97 Å². The van der Waals surface area contributed by atoms with Gasteiger partial charge in [0.15, 0.2) is 5.82 Å². The zero-order valence-electron chi connectivity index (χ0n) is 9.23. The quantitative estimate of drug-likeness (QED) is 0.884. The van der Waals surface area contributed by atoms with Crippen LogP contribution in [0.25, 0.3) is 11.4 Å². The second kappa shape index (κ2) is 4.00. The van der Waals surface area contributed by atoms with Crippen LogP contribution in [0.2, 0.25) is 5.02 Å². The first-order valence-corrected chi connectivity index (χ1v) is 6.00. The third kappa shape index (κ3) is 2.11. The maximum Gasteiger partial charge on any atom is 0.159 e. The van der Waals surface area contributed by atoms with Crippen LogP contribution in [0.1, 0.15) is 24.5 Å². The van der Waals surface area contributed by atoms with Gasteiger partial charge in [0.2, 0.25) is 0 Å². The number of nitrogen functional groups attached to an aromatic ring is 1. The van der Waals surface area contributed by atoms with Crippen molar-refractivity contribution in [2.24, 2.45) is 0 Å². The molecule has 1 saturated carbocycles. The van der Waals surface area contributed by atoms with Crippen molar-refractivity contribution >= 4 is 17.3 Å². The van der Waals surface area contributed by atoms with Crippen LogP contribution < -0.4 is 5.73 Å². The lowest BCUT2D eigenvalue weighted by Gasteiger charge is -2.06. The Bertz CT molecular complexity index is 547. The summed E-state index contributed by atoms with van der Waals surface area (Å²) in [6.07, 6.45) is 4.06. The molecule has 1 aliphatic carbocycles. The fourth-order valence-electron chi connectivity index (χ4n) is 1.83. The summed E-state index contributed by atoms with van der Waals surface area (Å²) in [7, 11) is 0. The number of hydrogen-bond acceptors (Lipinski definition) is 3. The molecule has 1 aromatic carbocycles. The van der Waals surface area contributed by atoms with Crippen LogP contribution in [0.3, 0.4) is 0 Å². The molecule has 0 saturated heterocycles. The highest BCUT2D eigenvalue weighted by molar-refractivity contribution is 6.30. The largest absolute Gasteiger partial charge is 0.396 e. The number of aromatic nitrogens is 2. The predicted molar refractivity (Wildman–Crippen MR) is 68.9 cm³/mol. The molecule has 4 heteroatoms. The molecule has 1 aromatic heterocycles. The molecule has 0 unspecified atom stereocenters. The van der Waals surface area contributed by atoms with Gasteiger partial charge in [0, 0.05) is 16.5 Å². The van der Waals surface area contributed by atoms with Crippen LogP contribution in [0.15, 0.2) is 30.5 Å². The summed E-state index contributed by atoms with van der Waals surface area (Å²) < 4.78 is 0. The Balaban J connectivity index is 2.02. The SMILES string of the molecule is Nc1cnc(-c2ccc(Cl)cc2)nc1C1CC1. The second-order valence-electron chi connectivity index (χ2n) is 4.32. The van der Waals surface area contributed by atoms with Gasteiger partial charge in [-0.3, -0.25) is 0 Å². The van der Waals surface area contributed by atoms with E-state index in [0.717, 1.165) is 17.1 Å². The van der Waals surface area contributed by atoms with Crippen LogP contribution in [0.5, 0.6) is 0 Å². The number of benzene rings is 1. The third-order valence-electron chi connectivity index (χ3n) is 2.91. The minimum atomic E-state index is 0.532. The average Bonchev–Trinajstić information content (AvgIpc) is 3.15. The fraction of sp³-hybridized carbons (Fsp3) is 0.231. The number of hydrogen-bond donors (Lipinski definition) is 1. The summed E-state index contributed by atoms with van der Waals surface area (Å²) in [6.45, 7) is 0.